The average Bonchev–Trinajstić information content (AvgIpc) is 2.20. The predicted molar refractivity (Wildman–Crippen MR) is 47.6 cm³/mol. The molecule has 0 bridgehead atoms. The molecule has 1 aliphatic rings. The SMILES string of the molecule is COC(OC)(OC)C1CC(=O)OC(=O)C1. The quantitative estimate of drug-likeness (QED) is 0.377. The minimum Gasteiger partial charge on any atom is -0.393 e. The number of hydrogen-bond acceptors (Lipinski definition) is 6. The van der Waals surface area contributed by atoms with Crippen molar-refractivity contribution in [1.82, 2.24) is 0 Å². The van der Waals surface area contributed by atoms with Crippen molar-refractivity contribution in [1.29, 1.82) is 0 Å². The number of hydrogen-bond donors (Lipinski definition) is 0. The first-order valence-corrected chi connectivity index (χ1v) is 4.47. The van der Waals surface area contributed by atoms with Gasteiger partial charge in [-0.25, -0.2) is 0 Å². The molecule has 0 atom stereocenters. The fourth-order valence-electron chi connectivity index (χ4n) is 1.68. The maximum absolute atomic E-state index is 11.1. The standard InChI is InChI=1S/C9H14O6/c1-12-9(13-2,14-3)6-4-7(10)15-8(11)5-6/h6H,4-5H2,1-3H3. The van der Waals surface area contributed by atoms with Gasteiger partial charge in [-0.05, 0) is 0 Å². The highest BCUT2D eigenvalue weighted by atomic mass is 16.9. The largest absolute Gasteiger partial charge is 0.393 e. The fourth-order valence-corrected chi connectivity index (χ4v) is 1.68. The van der Waals surface area contributed by atoms with Gasteiger partial charge in [0.05, 0.1) is 18.8 Å². The number of ether oxygens (including phenoxy) is 4. The first kappa shape index (κ1) is 12.1. The minimum atomic E-state index is -1.37. The van der Waals surface area contributed by atoms with Gasteiger partial charge >= 0.3 is 11.9 Å². The Balaban J connectivity index is 2.83. The summed E-state index contributed by atoms with van der Waals surface area (Å²) in [7, 11) is 4.16. The summed E-state index contributed by atoms with van der Waals surface area (Å²) < 4.78 is 19.6. The summed E-state index contributed by atoms with van der Waals surface area (Å²) in [5.74, 6) is -3.04. The van der Waals surface area contributed by atoms with E-state index in [1.54, 1.807) is 0 Å². The maximum atomic E-state index is 11.1. The van der Waals surface area contributed by atoms with E-state index in [0.29, 0.717) is 0 Å². The molecule has 1 rings (SSSR count). The second-order valence-electron chi connectivity index (χ2n) is 3.17. The Labute approximate surface area is 87.4 Å². The van der Waals surface area contributed by atoms with Gasteiger partial charge in [-0.15, -0.1) is 0 Å². The second kappa shape index (κ2) is 4.69. The highest BCUT2D eigenvalue weighted by Gasteiger charge is 2.45. The normalized spacial score (nSPS) is 19.1. The molecule has 0 aromatic rings. The summed E-state index contributed by atoms with van der Waals surface area (Å²) in [6.07, 6.45) is 0.0581. The molecule has 1 fully saturated rings. The van der Waals surface area contributed by atoms with Crippen molar-refractivity contribution >= 4 is 11.9 Å². The van der Waals surface area contributed by atoms with Gasteiger partial charge in [-0.3, -0.25) is 9.59 Å². The summed E-state index contributed by atoms with van der Waals surface area (Å²) in [6, 6.07) is 0. The van der Waals surface area contributed by atoms with Crippen molar-refractivity contribution in [3.05, 3.63) is 0 Å². The van der Waals surface area contributed by atoms with Crippen LogP contribution in [-0.2, 0) is 28.5 Å². The lowest BCUT2D eigenvalue weighted by molar-refractivity contribution is -0.380. The van der Waals surface area contributed by atoms with E-state index in [4.69, 9.17) is 14.2 Å². The van der Waals surface area contributed by atoms with Gasteiger partial charge in [-0.2, -0.15) is 0 Å². The lowest BCUT2D eigenvalue weighted by Crippen LogP contribution is -2.48. The lowest BCUT2D eigenvalue weighted by Gasteiger charge is -2.36. The summed E-state index contributed by atoms with van der Waals surface area (Å²) in [5.41, 5.74) is 0. The highest BCUT2D eigenvalue weighted by molar-refractivity contribution is 5.88. The van der Waals surface area contributed by atoms with Crippen LogP contribution in [0, 0.1) is 5.92 Å². The summed E-state index contributed by atoms with van der Waals surface area (Å²) in [6.45, 7) is 0. The zero-order valence-electron chi connectivity index (χ0n) is 8.94. The van der Waals surface area contributed by atoms with Crippen LogP contribution in [0.4, 0.5) is 0 Å². The fraction of sp³-hybridized carbons (Fsp3) is 0.778. The molecular formula is C9H14O6. The Hall–Kier alpha value is -0.980. The van der Waals surface area contributed by atoms with Crippen LogP contribution in [0.25, 0.3) is 0 Å². The number of cyclic esters (lactones) is 2. The number of rotatable bonds is 4. The predicted octanol–water partition coefficient (Wildman–Crippen LogP) is 0.0592. The van der Waals surface area contributed by atoms with Crippen molar-refractivity contribution in [2.75, 3.05) is 21.3 Å². The Bertz CT molecular complexity index is 233. The Morgan fingerprint density at radius 2 is 1.47 bits per heavy atom. The van der Waals surface area contributed by atoms with Crippen LogP contribution in [0.5, 0.6) is 0 Å². The Kier molecular flexibility index (Phi) is 3.78. The van der Waals surface area contributed by atoms with Gasteiger partial charge in [0.15, 0.2) is 0 Å². The van der Waals surface area contributed by atoms with E-state index in [0.717, 1.165) is 0 Å². The molecule has 1 saturated heterocycles. The number of carbonyl (C=O) groups is 2. The van der Waals surface area contributed by atoms with E-state index in [2.05, 4.69) is 4.74 Å². The van der Waals surface area contributed by atoms with Gasteiger partial charge < -0.3 is 18.9 Å². The number of methoxy groups -OCH3 is 3. The molecule has 0 aromatic carbocycles. The third-order valence-electron chi connectivity index (χ3n) is 2.41. The highest BCUT2D eigenvalue weighted by Crippen LogP contribution is 2.32. The monoisotopic (exact) mass is 218 g/mol. The van der Waals surface area contributed by atoms with E-state index >= 15 is 0 Å². The number of carbonyl (C=O) groups excluding carboxylic acids is 2. The van der Waals surface area contributed by atoms with Gasteiger partial charge in [0.2, 0.25) is 0 Å². The van der Waals surface area contributed by atoms with E-state index in [1.165, 1.54) is 21.3 Å². The van der Waals surface area contributed by atoms with Gasteiger partial charge in [0.1, 0.15) is 0 Å². The van der Waals surface area contributed by atoms with E-state index in [1.807, 2.05) is 0 Å². The number of esters is 2. The molecule has 0 aromatic heterocycles. The maximum Gasteiger partial charge on any atom is 0.314 e. The first-order valence-electron chi connectivity index (χ1n) is 4.47. The molecule has 86 valence electrons. The van der Waals surface area contributed by atoms with Crippen molar-refractivity contribution in [3.63, 3.8) is 0 Å². The lowest BCUT2D eigenvalue weighted by atomic mass is 9.96. The summed E-state index contributed by atoms with van der Waals surface area (Å²) in [5, 5.41) is 0. The van der Waals surface area contributed by atoms with Crippen molar-refractivity contribution in [2.45, 2.75) is 18.8 Å². The van der Waals surface area contributed by atoms with Crippen LogP contribution in [0.15, 0.2) is 0 Å². The first-order chi connectivity index (χ1) is 7.07. The molecule has 0 aliphatic carbocycles. The van der Waals surface area contributed by atoms with E-state index < -0.39 is 23.8 Å². The molecule has 1 aliphatic heterocycles. The van der Waals surface area contributed by atoms with Crippen molar-refractivity contribution in [3.8, 4) is 0 Å². The van der Waals surface area contributed by atoms with Crippen LogP contribution >= 0.6 is 0 Å². The molecule has 0 unspecified atom stereocenters. The van der Waals surface area contributed by atoms with Crippen LogP contribution in [0.3, 0.4) is 0 Å². The Morgan fingerprint density at radius 1 is 1.07 bits per heavy atom. The van der Waals surface area contributed by atoms with E-state index in [-0.39, 0.29) is 12.8 Å². The van der Waals surface area contributed by atoms with Crippen molar-refractivity contribution in [2.24, 2.45) is 5.92 Å². The summed E-state index contributed by atoms with van der Waals surface area (Å²) in [4.78, 5) is 22.1. The van der Waals surface area contributed by atoms with Crippen LogP contribution in [0.2, 0.25) is 0 Å². The second-order valence-corrected chi connectivity index (χ2v) is 3.17. The molecule has 1 heterocycles. The molecule has 0 spiro atoms. The third kappa shape index (κ3) is 2.34. The molecule has 0 amide bonds. The van der Waals surface area contributed by atoms with Gasteiger partial charge in [-0.1, -0.05) is 0 Å². The molecular weight excluding hydrogens is 204 g/mol. The molecule has 6 heteroatoms. The molecule has 0 radical (unpaired) electrons. The molecule has 0 saturated carbocycles. The average molecular weight is 218 g/mol. The third-order valence-corrected chi connectivity index (χ3v) is 2.41. The van der Waals surface area contributed by atoms with Crippen molar-refractivity contribution < 1.29 is 28.5 Å². The van der Waals surface area contributed by atoms with E-state index in [9.17, 15) is 9.59 Å². The van der Waals surface area contributed by atoms with Crippen LogP contribution in [-0.4, -0.2) is 39.2 Å². The minimum absolute atomic E-state index is 0.0290. The zero-order valence-corrected chi connectivity index (χ0v) is 8.94. The summed E-state index contributed by atoms with van der Waals surface area (Å²) >= 11 is 0. The smallest absolute Gasteiger partial charge is 0.314 e. The topological polar surface area (TPSA) is 71.1 Å². The van der Waals surface area contributed by atoms with Gasteiger partial charge in [0, 0.05) is 21.3 Å². The molecule has 0 N–H and O–H groups in total. The molecule has 15 heavy (non-hydrogen) atoms. The molecule has 6 nitrogen and oxygen atoms in total. The van der Waals surface area contributed by atoms with Gasteiger partial charge in [0.25, 0.3) is 5.97 Å². The zero-order chi connectivity index (χ0) is 11.5. The van der Waals surface area contributed by atoms with Crippen LogP contribution < -0.4 is 0 Å². The Morgan fingerprint density at radius 3 is 1.80 bits per heavy atom. The van der Waals surface area contributed by atoms with Crippen LogP contribution in [0.1, 0.15) is 12.8 Å².